The molecule has 19 heavy (non-hydrogen) atoms. The van der Waals surface area contributed by atoms with Crippen molar-refractivity contribution in [3.63, 3.8) is 0 Å². The van der Waals surface area contributed by atoms with E-state index in [1.807, 2.05) is 43.8 Å². The Morgan fingerprint density at radius 3 is 2.68 bits per heavy atom. The number of pyridine rings is 2. The van der Waals surface area contributed by atoms with E-state index in [2.05, 4.69) is 15.3 Å². The van der Waals surface area contributed by atoms with Gasteiger partial charge in [0.05, 0.1) is 6.61 Å². The van der Waals surface area contributed by atoms with Gasteiger partial charge in [-0.25, -0.2) is 0 Å². The summed E-state index contributed by atoms with van der Waals surface area (Å²) in [6.07, 6.45) is 9.25. The Labute approximate surface area is 113 Å². The molecule has 0 fully saturated rings. The molecule has 0 saturated heterocycles. The first-order valence-corrected chi connectivity index (χ1v) is 6.49. The molecule has 0 unspecified atom stereocenters. The summed E-state index contributed by atoms with van der Waals surface area (Å²) in [5.74, 6) is 0.916. The molecule has 1 N–H and O–H groups in total. The number of hydrogen-bond donors (Lipinski definition) is 1. The number of aryl methyl sites for hydroxylation is 1. The quantitative estimate of drug-likeness (QED) is 0.773. The van der Waals surface area contributed by atoms with Crippen molar-refractivity contribution in [3.05, 3.63) is 54.1 Å². The predicted molar refractivity (Wildman–Crippen MR) is 75.1 cm³/mol. The molecule has 0 atom stereocenters. The average molecular weight is 257 g/mol. The van der Waals surface area contributed by atoms with E-state index in [-0.39, 0.29) is 0 Å². The highest BCUT2D eigenvalue weighted by Crippen LogP contribution is 2.16. The summed E-state index contributed by atoms with van der Waals surface area (Å²) < 4.78 is 5.82. The number of aromatic nitrogens is 2. The second-order valence-corrected chi connectivity index (χ2v) is 4.32. The van der Waals surface area contributed by atoms with Crippen LogP contribution in [0.4, 0.5) is 0 Å². The molecule has 0 spiro atoms. The molecule has 0 aliphatic carbocycles. The van der Waals surface area contributed by atoms with E-state index < -0.39 is 0 Å². The second-order valence-electron chi connectivity index (χ2n) is 4.32. The van der Waals surface area contributed by atoms with Gasteiger partial charge in [-0.05, 0) is 43.7 Å². The van der Waals surface area contributed by atoms with Gasteiger partial charge in [-0.15, -0.1) is 0 Å². The maximum absolute atomic E-state index is 5.82. The first-order chi connectivity index (χ1) is 9.40. The molecule has 0 aromatic carbocycles. The standard InChI is InChI=1S/C15H19N3O/c1-16-11-14-12-18-9-6-15(14)19-10-2-3-13-4-7-17-8-5-13/h4-9,12,16H,2-3,10-11H2,1H3. The van der Waals surface area contributed by atoms with Crippen LogP contribution < -0.4 is 10.1 Å². The second kappa shape index (κ2) is 7.48. The lowest BCUT2D eigenvalue weighted by atomic mass is 10.1. The largest absolute Gasteiger partial charge is 0.493 e. The van der Waals surface area contributed by atoms with Gasteiger partial charge in [0.2, 0.25) is 0 Å². The van der Waals surface area contributed by atoms with E-state index in [1.54, 1.807) is 6.20 Å². The van der Waals surface area contributed by atoms with Crippen molar-refractivity contribution in [3.8, 4) is 5.75 Å². The molecule has 0 amide bonds. The lowest BCUT2D eigenvalue weighted by molar-refractivity contribution is 0.307. The summed E-state index contributed by atoms with van der Waals surface area (Å²) >= 11 is 0. The highest BCUT2D eigenvalue weighted by Gasteiger charge is 2.02. The van der Waals surface area contributed by atoms with Crippen molar-refractivity contribution in [2.24, 2.45) is 0 Å². The normalized spacial score (nSPS) is 10.4. The number of rotatable bonds is 7. The molecule has 0 bridgehead atoms. The molecular formula is C15H19N3O. The third-order valence-electron chi connectivity index (χ3n) is 2.84. The summed E-state index contributed by atoms with van der Waals surface area (Å²) in [5, 5.41) is 3.11. The first kappa shape index (κ1) is 13.5. The molecule has 4 heteroatoms. The minimum atomic E-state index is 0.711. The third kappa shape index (κ3) is 4.34. The molecule has 2 heterocycles. The monoisotopic (exact) mass is 257 g/mol. The summed E-state index contributed by atoms with van der Waals surface area (Å²) in [6.45, 7) is 1.48. The summed E-state index contributed by atoms with van der Waals surface area (Å²) in [4.78, 5) is 8.12. The van der Waals surface area contributed by atoms with Gasteiger partial charge in [0.15, 0.2) is 0 Å². The van der Waals surface area contributed by atoms with Crippen molar-refractivity contribution in [1.82, 2.24) is 15.3 Å². The Kier molecular flexibility index (Phi) is 5.31. The van der Waals surface area contributed by atoms with E-state index >= 15 is 0 Å². The fraction of sp³-hybridized carbons (Fsp3) is 0.333. The number of nitrogens with one attached hydrogen (secondary N) is 1. The zero-order chi connectivity index (χ0) is 13.3. The van der Waals surface area contributed by atoms with Gasteiger partial charge in [0.25, 0.3) is 0 Å². The predicted octanol–water partition coefficient (Wildman–Crippen LogP) is 2.21. The number of ether oxygens (including phenoxy) is 1. The van der Waals surface area contributed by atoms with Crippen molar-refractivity contribution in [2.75, 3.05) is 13.7 Å². The minimum Gasteiger partial charge on any atom is -0.493 e. The van der Waals surface area contributed by atoms with Crippen LogP contribution in [0, 0.1) is 0 Å². The Bertz CT molecular complexity index is 488. The van der Waals surface area contributed by atoms with Crippen molar-refractivity contribution in [2.45, 2.75) is 19.4 Å². The van der Waals surface area contributed by atoms with Gasteiger partial charge in [0, 0.05) is 36.9 Å². The Balaban J connectivity index is 1.79. The summed E-state index contributed by atoms with van der Waals surface area (Å²) in [5.41, 5.74) is 2.39. The van der Waals surface area contributed by atoms with Crippen LogP contribution >= 0.6 is 0 Å². The van der Waals surface area contributed by atoms with Gasteiger partial charge in [0.1, 0.15) is 5.75 Å². The third-order valence-corrected chi connectivity index (χ3v) is 2.84. The highest BCUT2D eigenvalue weighted by atomic mass is 16.5. The number of hydrogen-bond acceptors (Lipinski definition) is 4. The van der Waals surface area contributed by atoms with Gasteiger partial charge in [-0.1, -0.05) is 0 Å². The Morgan fingerprint density at radius 1 is 1.11 bits per heavy atom. The Morgan fingerprint density at radius 2 is 1.89 bits per heavy atom. The van der Waals surface area contributed by atoms with E-state index in [1.165, 1.54) is 5.56 Å². The molecule has 100 valence electrons. The summed E-state index contributed by atoms with van der Waals surface area (Å²) in [7, 11) is 1.92. The van der Waals surface area contributed by atoms with Crippen LogP contribution in [0.5, 0.6) is 5.75 Å². The van der Waals surface area contributed by atoms with Crippen LogP contribution in [0.25, 0.3) is 0 Å². The van der Waals surface area contributed by atoms with E-state index in [4.69, 9.17) is 4.74 Å². The van der Waals surface area contributed by atoms with Crippen molar-refractivity contribution >= 4 is 0 Å². The maximum atomic E-state index is 5.82. The Hall–Kier alpha value is -1.94. The fourth-order valence-corrected chi connectivity index (χ4v) is 1.89. The topological polar surface area (TPSA) is 47.0 Å². The van der Waals surface area contributed by atoms with Gasteiger partial charge < -0.3 is 10.1 Å². The molecule has 0 radical (unpaired) electrons. The SMILES string of the molecule is CNCc1cnccc1OCCCc1ccncc1. The van der Waals surface area contributed by atoms with Crippen LogP contribution in [0.15, 0.2) is 43.0 Å². The van der Waals surface area contributed by atoms with Crippen molar-refractivity contribution < 1.29 is 4.74 Å². The number of nitrogens with zero attached hydrogens (tertiary/aromatic N) is 2. The van der Waals surface area contributed by atoms with Gasteiger partial charge in [-0.2, -0.15) is 0 Å². The van der Waals surface area contributed by atoms with Crippen molar-refractivity contribution in [1.29, 1.82) is 0 Å². The van der Waals surface area contributed by atoms with E-state index in [0.717, 1.165) is 30.7 Å². The molecule has 0 aliphatic rings. The summed E-state index contributed by atoms with van der Waals surface area (Å²) in [6, 6.07) is 6.00. The first-order valence-electron chi connectivity index (χ1n) is 6.49. The maximum Gasteiger partial charge on any atom is 0.126 e. The van der Waals surface area contributed by atoms with E-state index in [9.17, 15) is 0 Å². The van der Waals surface area contributed by atoms with E-state index in [0.29, 0.717) is 6.61 Å². The van der Waals surface area contributed by atoms with Crippen LogP contribution in [0.2, 0.25) is 0 Å². The van der Waals surface area contributed by atoms with Crippen LogP contribution in [0.3, 0.4) is 0 Å². The molecule has 2 rings (SSSR count). The smallest absolute Gasteiger partial charge is 0.126 e. The van der Waals surface area contributed by atoms with Crippen LogP contribution in [-0.2, 0) is 13.0 Å². The molecule has 2 aromatic rings. The van der Waals surface area contributed by atoms with Gasteiger partial charge >= 0.3 is 0 Å². The average Bonchev–Trinajstić information content (AvgIpc) is 2.47. The van der Waals surface area contributed by atoms with Crippen LogP contribution in [-0.4, -0.2) is 23.6 Å². The zero-order valence-corrected chi connectivity index (χ0v) is 11.2. The molecular weight excluding hydrogens is 238 g/mol. The lowest BCUT2D eigenvalue weighted by Crippen LogP contribution is -2.08. The highest BCUT2D eigenvalue weighted by molar-refractivity contribution is 5.29. The molecule has 0 saturated carbocycles. The zero-order valence-electron chi connectivity index (χ0n) is 11.2. The molecule has 2 aromatic heterocycles. The molecule has 0 aliphatic heterocycles. The lowest BCUT2D eigenvalue weighted by Gasteiger charge is -2.10. The fourth-order valence-electron chi connectivity index (χ4n) is 1.89. The van der Waals surface area contributed by atoms with Crippen LogP contribution in [0.1, 0.15) is 17.5 Å². The van der Waals surface area contributed by atoms with Gasteiger partial charge in [-0.3, -0.25) is 9.97 Å². The minimum absolute atomic E-state index is 0.711. The molecule has 4 nitrogen and oxygen atoms in total.